The number of carbonyl (C=O) groups is 1. The summed E-state index contributed by atoms with van der Waals surface area (Å²) in [7, 11) is -1.65. The van der Waals surface area contributed by atoms with E-state index in [1.807, 2.05) is 0 Å². The quantitative estimate of drug-likeness (QED) is 0.321. The summed E-state index contributed by atoms with van der Waals surface area (Å²) in [5, 5.41) is 44.4. The van der Waals surface area contributed by atoms with E-state index in [1.165, 1.54) is 0 Å². The van der Waals surface area contributed by atoms with Crippen LogP contribution in [-0.2, 0) is 14.1 Å². The van der Waals surface area contributed by atoms with Gasteiger partial charge in [0, 0.05) is 0 Å². The second-order valence-corrected chi connectivity index (χ2v) is 3.04. The molecule has 8 nitrogen and oxygen atoms in total. The zero-order chi connectivity index (χ0) is 11.6. The van der Waals surface area contributed by atoms with Gasteiger partial charge in [0.15, 0.2) is 6.10 Å². The number of rotatable bonds is 4. The van der Waals surface area contributed by atoms with Gasteiger partial charge in [-0.3, -0.25) is 0 Å². The van der Waals surface area contributed by atoms with Crippen molar-refractivity contribution in [3.8, 4) is 0 Å². The summed E-state index contributed by atoms with van der Waals surface area (Å²) in [6, 6.07) is 0. The van der Waals surface area contributed by atoms with Crippen LogP contribution in [0.15, 0.2) is 0 Å². The summed E-state index contributed by atoms with van der Waals surface area (Å²) >= 11 is 0. The van der Waals surface area contributed by atoms with Gasteiger partial charge in [0.25, 0.3) is 0 Å². The normalized spacial score (nSPS) is 28.4. The fourth-order valence-corrected chi connectivity index (χ4v) is 1.25. The van der Waals surface area contributed by atoms with E-state index >= 15 is 0 Å². The first-order chi connectivity index (χ1) is 6.97. The third-order valence-corrected chi connectivity index (χ3v) is 2.02. The van der Waals surface area contributed by atoms with Crippen LogP contribution in [0.25, 0.3) is 0 Å². The molecular weight excluding hydrogens is 251 g/mol. The van der Waals surface area contributed by atoms with Gasteiger partial charge >= 0.3 is 51.0 Å². The van der Waals surface area contributed by atoms with Gasteiger partial charge in [-0.2, -0.15) is 0 Å². The van der Waals surface area contributed by atoms with Crippen molar-refractivity contribution in [3.63, 3.8) is 0 Å². The van der Waals surface area contributed by atoms with Gasteiger partial charge in [-0.1, -0.05) is 0 Å². The Morgan fingerprint density at radius 2 is 1.94 bits per heavy atom. The van der Waals surface area contributed by atoms with Crippen LogP contribution in [0, 0.1) is 0 Å². The fourth-order valence-electron chi connectivity index (χ4n) is 1.25. The first-order valence-corrected chi connectivity index (χ1v) is 4.16. The molecule has 10 heteroatoms. The van der Waals surface area contributed by atoms with Crippen LogP contribution in [-0.4, -0.2) is 108 Å². The van der Waals surface area contributed by atoms with Gasteiger partial charge in [-0.05, 0) is 0 Å². The van der Waals surface area contributed by atoms with E-state index in [0.717, 1.165) is 0 Å². The Labute approximate surface area is 121 Å². The molecule has 1 rings (SSSR count). The molecule has 90 valence electrons. The SMILES string of the molecule is O=C(O)C(O)C(O)C1OB(O)OC1CO.[CaH2]. The van der Waals surface area contributed by atoms with Crippen molar-refractivity contribution in [3.05, 3.63) is 0 Å². The molecule has 1 aliphatic heterocycles. The molecule has 0 radical (unpaired) electrons. The molecule has 0 aromatic carbocycles. The Hall–Kier alpha value is 0.555. The van der Waals surface area contributed by atoms with Crippen LogP contribution < -0.4 is 0 Å². The summed E-state index contributed by atoms with van der Waals surface area (Å²) in [4.78, 5) is 10.3. The molecule has 0 aromatic heterocycles. The van der Waals surface area contributed by atoms with Crippen molar-refractivity contribution in [2.75, 3.05) is 6.61 Å². The maximum absolute atomic E-state index is 10.3. The van der Waals surface area contributed by atoms with Crippen LogP contribution in [0.2, 0.25) is 0 Å². The van der Waals surface area contributed by atoms with Crippen molar-refractivity contribution >= 4 is 51.0 Å². The van der Waals surface area contributed by atoms with Crippen molar-refractivity contribution in [1.82, 2.24) is 0 Å². The minimum atomic E-state index is -2.07. The van der Waals surface area contributed by atoms with Gasteiger partial charge in [-0.25, -0.2) is 4.79 Å². The van der Waals surface area contributed by atoms with E-state index < -0.39 is 44.3 Å². The Balaban J connectivity index is 0.00000225. The molecule has 0 aliphatic carbocycles. The summed E-state index contributed by atoms with van der Waals surface area (Å²) < 4.78 is 9.19. The fraction of sp³-hybridized carbons (Fsp3) is 0.833. The number of carboxylic acid groups (broad SMARTS) is 1. The summed E-state index contributed by atoms with van der Waals surface area (Å²) in [5.41, 5.74) is 0. The van der Waals surface area contributed by atoms with E-state index in [1.54, 1.807) is 0 Å². The molecule has 16 heavy (non-hydrogen) atoms. The molecule has 1 fully saturated rings. The van der Waals surface area contributed by atoms with Crippen molar-refractivity contribution in [2.45, 2.75) is 24.4 Å². The van der Waals surface area contributed by atoms with Crippen LogP contribution in [0.5, 0.6) is 0 Å². The monoisotopic (exact) mass is 264 g/mol. The molecule has 4 atom stereocenters. The molecule has 0 aromatic rings. The Kier molecular flexibility index (Phi) is 7.34. The van der Waals surface area contributed by atoms with Crippen LogP contribution in [0.1, 0.15) is 0 Å². The first-order valence-electron chi connectivity index (χ1n) is 4.16. The van der Waals surface area contributed by atoms with Crippen molar-refractivity contribution in [2.24, 2.45) is 0 Å². The number of aliphatic hydroxyl groups excluding tert-OH is 3. The molecule has 0 saturated carbocycles. The molecule has 4 unspecified atom stereocenters. The zero-order valence-corrected chi connectivity index (χ0v) is 7.55. The third kappa shape index (κ3) is 3.79. The average molecular weight is 264 g/mol. The van der Waals surface area contributed by atoms with E-state index in [0.29, 0.717) is 0 Å². The minimum absolute atomic E-state index is 0. The van der Waals surface area contributed by atoms with Crippen molar-refractivity contribution < 1.29 is 39.6 Å². The second kappa shape index (κ2) is 7.09. The Bertz CT molecular complexity index is 241. The number of carboxylic acids is 1. The standard InChI is InChI=1S/C6H11BO8.Ca.2H/c8-1-2-5(15-7(13)14-2)3(9)4(10)6(11)12;;;/h2-5,8-10,13H,1H2,(H,11,12);;;. The number of aliphatic carboxylic acids is 1. The van der Waals surface area contributed by atoms with Crippen LogP contribution in [0.3, 0.4) is 0 Å². The summed E-state index contributed by atoms with van der Waals surface area (Å²) in [5.74, 6) is -1.64. The van der Waals surface area contributed by atoms with Crippen LogP contribution in [0.4, 0.5) is 0 Å². The molecular formula is C6H13BCaO8. The summed E-state index contributed by atoms with van der Waals surface area (Å²) in [6.07, 6.45) is -6.24. The Morgan fingerprint density at radius 1 is 1.38 bits per heavy atom. The molecule has 5 N–H and O–H groups in total. The summed E-state index contributed by atoms with van der Waals surface area (Å²) in [6.45, 7) is -0.578. The number of hydrogen-bond donors (Lipinski definition) is 5. The predicted molar refractivity (Wildman–Crippen MR) is 53.0 cm³/mol. The second-order valence-electron chi connectivity index (χ2n) is 3.04. The molecule has 1 heterocycles. The molecule has 1 aliphatic rings. The van der Waals surface area contributed by atoms with E-state index in [2.05, 4.69) is 9.31 Å². The van der Waals surface area contributed by atoms with E-state index in [-0.39, 0.29) is 37.7 Å². The number of aliphatic hydroxyl groups is 3. The van der Waals surface area contributed by atoms with E-state index in [4.69, 9.17) is 20.3 Å². The van der Waals surface area contributed by atoms with Gasteiger partial charge in [0.05, 0.1) is 12.7 Å². The molecule has 1 saturated heterocycles. The topological polar surface area (TPSA) is 137 Å². The molecule has 0 bridgehead atoms. The van der Waals surface area contributed by atoms with Crippen LogP contribution >= 0.6 is 0 Å². The van der Waals surface area contributed by atoms with E-state index in [9.17, 15) is 9.90 Å². The van der Waals surface area contributed by atoms with Gasteiger partial charge < -0.3 is 34.8 Å². The molecule has 0 amide bonds. The van der Waals surface area contributed by atoms with Crippen molar-refractivity contribution in [1.29, 1.82) is 0 Å². The molecule has 0 spiro atoms. The third-order valence-electron chi connectivity index (χ3n) is 2.02. The Morgan fingerprint density at radius 3 is 2.38 bits per heavy atom. The predicted octanol–water partition coefficient (Wildman–Crippen LogP) is -4.37. The van der Waals surface area contributed by atoms with Gasteiger partial charge in [0.1, 0.15) is 12.2 Å². The number of hydrogen-bond acceptors (Lipinski definition) is 7. The van der Waals surface area contributed by atoms with Gasteiger partial charge in [-0.15, -0.1) is 0 Å². The van der Waals surface area contributed by atoms with Gasteiger partial charge in [0.2, 0.25) is 0 Å². The average Bonchev–Trinajstić information content (AvgIpc) is 2.57. The maximum atomic E-state index is 10.3. The zero-order valence-electron chi connectivity index (χ0n) is 7.55. The first kappa shape index (κ1) is 16.6.